The SMILES string of the molecule is Cc1nc([C@H]2CCCN(C(=O)c3cc(-c4ccsc4)n[nH]3)C2)no1. The Morgan fingerprint density at radius 3 is 3.17 bits per heavy atom. The number of carbonyl (C=O) groups excluding carboxylic acids is 1. The summed E-state index contributed by atoms with van der Waals surface area (Å²) in [5, 5.41) is 15.1. The molecule has 1 N–H and O–H groups in total. The van der Waals surface area contributed by atoms with Crippen LogP contribution < -0.4 is 0 Å². The summed E-state index contributed by atoms with van der Waals surface area (Å²) in [6.45, 7) is 3.11. The van der Waals surface area contributed by atoms with Gasteiger partial charge in [-0.05, 0) is 30.4 Å². The van der Waals surface area contributed by atoms with Gasteiger partial charge in [0.1, 0.15) is 5.69 Å². The monoisotopic (exact) mass is 343 g/mol. The van der Waals surface area contributed by atoms with Crippen molar-refractivity contribution in [3.05, 3.63) is 40.3 Å². The number of rotatable bonds is 3. The third-order valence-corrected chi connectivity index (χ3v) is 4.93. The molecular weight excluding hydrogens is 326 g/mol. The lowest BCUT2D eigenvalue weighted by Gasteiger charge is -2.30. The van der Waals surface area contributed by atoms with Crippen molar-refractivity contribution < 1.29 is 9.32 Å². The molecule has 7 nitrogen and oxygen atoms in total. The van der Waals surface area contributed by atoms with Crippen LogP contribution in [0.25, 0.3) is 11.3 Å². The Bertz CT molecular complexity index is 838. The average Bonchev–Trinajstić information content (AvgIpc) is 3.34. The standard InChI is InChI=1S/C16H17N5O2S/c1-10-17-15(20-23-10)11-3-2-5-21(8-11)16(22)14-7-13(18-19-14)12-4-6-24-9-12/h4,6-7,9,11H,2-3,5,8H2,1H3,(H,18,19)/t11-/m0/s1. The molecule has 1 saturated heterocycles. The first kappa shape index (κ1) is 15.1. The van der Waals surface area contributed by atoms with Gasteiger partial charge in [0.25, 0.3) is 5.91 Å². The maximum atomic E-state index is 12.8. The Hall–Kier alpha value is -2.48. The lowest BCUT2D eigenvalue weighted by atomic mass is 9.97. The number of H-pyrrole nitrogens is 1. The number of carbonyl (C=O) groups is 1. The maximum Gasteiger partial charge on any atom is 0.271 e. The van der Waals surface area contributed by atoms with E-state index < -0.39 is 0 Å². The van der Waals surface area contributed by atoms with E-state index in [1.54, 1.807) is 18.3 Å². The Balaban J connectivity index is 1.50. The first-order valence-electron chi connectivity index (χ1n) is 7.88. The molecule has 0 saturated carbocycles. The van der Waals surface area contributed by atoms with Crippen molar-refractivity contribution in [1.82, 2.24) is 25.2 Å². The van der Waals surface area contributed by atoms with Gasteiger partial charge in [0.2, 0.25) is 5.89 Å². The van der Waals surface area contributed by atoms with E-state index in [0.29, 0.717) is 24.0 Å². The smallest absolute Gasteiger partial charge is 0.271 e. The van der Waals surface area contributed by atoms with Gasteiger partial charge in [0.05, 0.1) is 5.69 Å². The van der Waals surface area contributed by atoms with Crippen molar-refractivity contribution >= 4 is 17.2 Å². The van der Waals surface area contributed by atoms with Crippen LogP contribution in [-0.2, 0) is 0 Å². The topological polar surface area (TPSA) is 87.9 Å². The zero-order chi connectivity index (χ0) is 16.5. The number of aromatic nitrogens is 4. The number of piperidine rings is 1. The second-order valence-electron chi connectivity index (χ2n) is 5.94. The zero-order valence-corrected chi connectivity index (χ0v) is 14.0. The normalized spacial score (nSPS) is 18.0. The minimum Gasteiger partial charge on any atom is -0.340 e. The lowest BCUT2D eigenvalue weighted by molar-refractivity contribution is 0.0697. The number of nitrogens with one attached hydrogen (secondary N) is 1. The fourth-order valence-corrected chi connectivity index (χ4v) is 3.66. The second-order valence-corrected chi connectivity index (χ2v) is 6.72. The molecule has 0 aromatic carbocycles. The fraction of sp³-hybridized carbons (Fsp3) is 0.375. The number of aryl methyl sites for hydroxylation is 1. The minimum absolute atomic E-state index is 0.0334. The highest BCUT2D eigenvalue weighted by atomic mass is 32.1. The first-order valence-corrected chi connectivity index (χ1v) is 8.82. The van der Waals surface area contributed by atoms with Crippen molar-refractivity contribution in [3.8, 4) is 11.3 Å². The number of thiophene rings is 1. The molecule has 0 radical (unpaired) electrons. The van der Waals surface area contributed by atoms with Gasteiger partial charge in [-0.1, -0.05) is 5.16 Å². The molecule has 0 spiro atoms. The van der Waals surface area contributed by atoms with E-state index in [0.717, 1.165) is 30.6 Å². The first-order chi connectivity index (χ1) is 11.7. The molecule has 0 aliphatic carbocycles. The molecule has 1 atom stereocenters. The highest BCUT2D eigenvalue weighted by Crippen LogP contribution is 2.26. The van der Waals surface area contributed by atoms with Gasteiger partial charge < -0.3 is 9.42 Å². The Kier molecular flexibility index (Phi) is 3.89. The quantitative estimate of drug-likeness (QED) is 0.790. The van der Waals surface area contributed by atoms with Gasteiger partial charge in [-0.15, -0.1) is 0 Å². The van der Waals surface area contributed by atoms with E-state index in [4.69, 9.17) is 4.52 Å². The third kappa shape index (κ3) is 2.84. The number of aromatic amines is 1. The van der Waals surface area contributed by atoms with Crippen molar-refractivity contribution in [2.24, 2.45) is 0 Å². The Morgan fingerprint density at radius 2 is 2.42 bits per heavy atom. The van der Waals surface area contributed by atoms with Crippen molar-refractivity contribution in [2.75, 3.05) is 13.1 Å². The molecule has 1 aliphatic rings. The van der Waals surface area contributed by atoms with E-state index in [1.165, 1.54) is 0 Å². The van der Waals surface area contributed by atoms with Crippen LogP contribution in [0.3, 0.4) is 0 Å². The maximum absolute atomic E-state index is 12.8. The second kappa shape index (κ2) is 6.20. The summed E-state index contributed by atoms with van der Waals surface area (Å²) >= 11 is 1.61. The van der Waals surface area contributed by atoms with Crippen molar-refractivity contribution in [1.29, 1.82) is 0 Å². The molecule has 3 aromatic heterocycles. The van der Waals surface area contributed by atoms with Gasteiger partial charge in [-0.3, -0.25) is 9.89 Å². The molecule has 0 bridgehead atoms. The summed E-state index contributed by atoms with van der Waals surface area (Å²) in [7, 11) is 0. The van der Waals surface area contributed by atoms with E-state index in [9.17, 15) is 4.79 Å². The Labute approximate surface area is 142 Å². The summed E-state index contributed by atoms with van der Waals surface area (Å²) in [5.41, 5.74) is 2.33. The summed E-state index contributed by atoms with van der Waals surface area (Å²) in [5.74, 6) is 1.34. The van der Waals surface area contributed by atoms with Crippen LogP contribution in [0.5, 0.6) is 0 Å². The van der Waals surface area contributed by atoms with Crippen molar-refractivity contribution in [2.45, 2.75) is 25.7 Å². The number of amides is 1. The van der Waals surface area contributed by atoms with Gasteiger partial charge in [-0.25, -0.2) is 0 Å². The van der Waals surface area contributed by atoms with Crippen LogP contribution >= 0.6 is 11.3 Å². The van der Waals surface area contributed by atoms with Gasteiger partial charge >= 0.3 is 0 Å². The molecule has 8 heteroatoms. The minimum atomic E-state index is -0.0334. The summed E-state index contributed by atoms with van der Waals surface area (Å²) in [4.78, 5) is 18.9. The third-order valence-electron chi connectivity index (χ3n) is 4.24. The van der Waals surface area contributed by atoms with E-state index in [1.807, 2.05) is 27.8 Å². The summed E-state index contributed by atoms with van der Waals surface area (Å²) < 4.78 is 5.06. The van der Waals surface area contributed by atoms with E-state index >= 15 is 0 Å². The van der Waals surface area contributed by atoms with Crippen LogP contribution in [0.2, 0.25) is 0 Å². The molecular formula is C16H17N5O2S. The van der Waals surface area contributed by atoms with Gasteiger partial charge in [-0.2, -0.15) is 21.4 Å². The van der Waals surface area contributed by atoms with Crippen molar-refractivity contribution in [3.63, 3.8) is 0 Å². The molecule has 4 rings (SSSR count). The van der Waals surface area contributed by atoms with Gasteiger partial charge in [0, 0.05) is 36.9 Å². The highest BCUT2D eigenvalue weighted by molar-refractivity contribution is 7.08. The largest absolute Gasteiger partial charge is 0.340 e. The number of hydrogen-bond acceptors (Lipinski definition) is 6. The molecule has 1 fully saturated rings. The van der Waals surface area contributed by atoms with Crippen LogP contribution in [0.4, 0.5) is 0 Å². The molecule has 1 amide bonds. The number of nitrogens with zero attached hydrogens (tertiary/aromatic N) is 4. The van der Waals surface area contributed by atoms with Crippen LogP contribution in [0.15, 0.2) is 27.4 Å². The zero-order valence-electron chi connectivity index (χ0n) is 13.2. The van der Waals surface area contributed by atoms with E-state index in [2.05, 4.69) is 20.3 Å². The lowest BCUT2D eigenvalue weighted by Crippen LogP contribution is -2.39. The fourth-order valence-electron chi connectivity index (χ4n) is 3.01. The van der Waals surface area contributed by atoms with Crippen LogP contribution in [-0.4, -0.2) is 44.2 Å². The molecule has 0 unspecified atom stereocenters. The predicted molar refractivity (Wildman–Crippen MR) is 88.8 cm³/mol. The molecule has 1 aliphatic heterocycles. The van der Waals surface area contributed by atoms with Crippen LogP contribution in [0.1, 0.15) is 41.0 Å². The molecule has 124 valence electrons. The van der Waals surface area contributed by atoms with Gasteiger partial charge in [0.15, 0.2) is 5.82 Å². The molecule has 24 heavy (non-hydrogen) atoms. The van der Waals surface area contributed by atoms with Crippen LogP contribution in [0, 0.1) is 6.92 Å². The van der Waals surface area contributed by atoms with E-state index in [-0.39, 0.29) is 11.8 Å². The summed E-state index contributed by atoms with van der Waals surface area (Å²) in [6, 6.07) is 3.80. The summed E-state index contributed by atoms with van der Waals surface area (Å²) in [6.07, 6.45) is 1.89. The molecule has 4 heterocycles. The molecule has 3 aromatic rings. The highest BCUT2D eigenvalue weighted by Gasteiger charge is 2.29. The average molecular weight is 343 g/mol. The number of hydrogen-bond donors (Lipinski definition) is 1. The number of likely N-dealkylation sites (tertiary alicyclic amines) is 1. The predicted octanol–water partition coefficient (Wildman–Crippen LogP) is 2.85. The Morgan fingerprint density at radius 1 is 1.50 bits per heavy atom.